The van der Waals surface area contributed by atoms with Gasteiger partial charge in [-0.15, -0.1) is 0 Å². The van der Waals surface area contributed by atoms with Crippen molar-refractivity contribution >= 4 is 5.69 Å². The first-order valence-electron chi connectivity index (χ1n) is 5.97. The van der Waals surface area contributed by atoms with Gasteiger partial charge in [-0.3, -0.25) is 0 Å². The van der Waals surface area contributed by atoms with E-state index in [1.807, 2.05) is 18.2 Å². The van der Waals surface area contributed by atoms with Crippen molar-refractivity contribution in [3.63, 3.8) is 0 Å². The monoisotopic (exact) mass is 220 g/mol. The third-order valence-electron chi connectivity index (χ3n) is 3.51. The van der Waals surface area contributed by atoms with Gasteiger partial charge in [0.05, 0.1) is 0 Å². The van der Waals surface area contributed by atoms with Crippen LogP contribution >= 0.6 is 0 Å². The number of benzene rings is 1. The molecule has 0 heterocycles. The third-order valence-corrected chi connectivity index (χ3v) is 3.51. The van der Waals surface area contributed by atoms with Crippen molar-refractivity contribution in [1.29, 1.82) is 0 Å². The minimum atomic E-state index is 0.323. The Morgan fingerprint density at radius 1 is 1.25 bits per heavy atom. The Kier molecular flexibility index (Phi) is 4.36. The molecule has 0 aliphatic rings. The van der Waals surface area contributed by atoms with Crippen LogP contribution in [0.25, 0.3) is 0 Å². The van der Waals surface area contributed by atoms with Crippen LogP contribution in [0.5, 0.6) is 0 Å². The average Bonchev–Trinajstić information content (AvgIpc) is 2.20. The van der Waals surface area contributed by atoms with Crippen molar-refractivity contribution in [2.45, 2.75) is 34.2 Å². The van der Waals surface area contributed by atoms with E-state index in [2.05, 4.69) is 39.1 Å². The fourth-order valence-electron chi connectivity index (χ4n) is 1.42. The van der Waals surface area contributed by atoms with Crippen LogP contribution in [0.4, 0.5) is 5.69 Å². The van der Waals surface area contributed by atoms with Gasteiger partial charge >= 0.3 is 0 Å². The molecule has 2 nitrogen and oxygen atoms in total. The topological polar surface area (TPSA) is 38.0 Å². The molecule has 1 rings (SSSR count). The van der Waals surface area contributed by atoms with Crippen LogP contribution < -0.4 is 11.1 Å². The second kappa shape index (κ2) is 5.35. The fraction of sp³-hybridized carbons (Fsp3) is 0.571. The number of hydrogen-bond donors (Lipinski definition) is 2. The molecule has 0 saturated heterocycles. The summed E-state index contributed by atoms with van der Waals surface area (Å²) in [6.07, 6.45) is 0. The van der Waals surface area contributed by atoms with Gasteiger partial charge in [0.1, 0.15) is 0 Å². The minimum Gasteiger partial charge on any atom is -0.398 e. The van der Waals surface area contributed by atoms with Gasteiger partial charge in [0.15, 0.2) is 0 Å². The summed E-state index contributed by atoms with van der Waals surface area (Å²) >= 11 is 0. The molecule has 0 amide bonds. The van der Waals surface area contributed by atoms with Gasteiger partial charge in [-0.1, -0.05) is 45.9 Å². The largest absolute Gasteiger partial charge is 0.398 e. The average molecular weight is 220 g/mol. The lowest BCUT2D eigenvalue weighted by Crippen LogP contribution is -2.33. The maximum Gasteiger partial charge on any atom is 0.0359 e. The standard InChI is InChI=1S/C14H24N2/c1-11(2)14(3,4)10-16-9-12-7-5-6-8-13(12)15/h5-8,11,16H,9-10,15H2,1-4H3. The van der Waals surface area contributed by atoms with E-state index in [4.69, 9.17) is 5.73 Å². The van der Waals surface area contributed by atoms with Crippen LogP contribution in [0, 0.1) is 11.3 Å². The number of nitrogens with one attached hydrogen (secondary N) is 1. The molecular weight excluding hydrogens is 196 g/mol. The quantitative estimate of drug-likeness (QED) is 0.748. The number of nitrogens with two attached hydrogens (primary N) is 1. The summed E-state index contributed by atoms with van der Waals surface area (Å²) in [5.41, 5.74) is 8.27. The Balaban J connectivity index is 2.45. The Morgan fingerprint density at radius 2 is 1.88 bits per heavy atom. The number of para-hydroxylation sites is 1. The third kappa shape index (κ3) is 3.53. The second-order valence-electron chi connectivity index (χ2n) is 5.45. The van der Waals surface area contributed by atoms with Crippen LogP contribution in [0.1, 0.15) is 33.3 Å². The zero-order valence-corrected chi connectivity index (χ0v) is 10.9. The molecule has 0 saturated carbocycles. The van der Waals surface area contributed by atoms with E-state index in [0.717, 1.165) is 18.8 Å². The van der Waals surface area contributed by atoms with Crippen LogP contribution in [-0.2, 0) is 6.54 Å². The Hall–Kier alpha value is -1.02. The highest BCUT2D eigenvalue weighted by atomic mass is 14.9. The van der Waals surface area contributed by atoms with Crippen LogP contribution in [0.3, 0.4) is 0 Å². The predicted molar refractivity (Wildman–Crippen MR) is 71.2 cm³/mol. The van der Waals surface area contributed by atoms with Gasteiger partial charge in [0.25, 0.3) is 0 Å². The van der Waals surface area contributed by atoms with E-state index >= 15 is 0 Å². The second-order valence-corrected chi connectivity index (χ2v) is 5.45. The zero-order chi connectivity index (χ0) is 12.2. The molecule has 0 atom stereocenters. The van der Waals surface area contributed by atoms with Crippen molar-refractivity contribution in [3.8, 4) is 0 Å². The smallest absolute Gasteiger partial charge is 0.0359 e. The molecule has 0 aliphatic heterocycles. The molecule has 0 spiro atoms. The Bertz CT molecular complexity index is 329. The summed E-state index contributed by atoms with van der Waals surface area (Å²) in [4.78, 5) is 0. The molecule has 1 aromatic rings. The van der Waals surface area contributed by atoms with E-state index < -0.39 is 0 Å². The van der Waals surface area contributed by atoms with E-state index in [0.29, 0.717) is 11.3 Å². The molecular formula is C14H24N2. The summed E-state index contributed by atoms with van der Waals surface area (Å²) in [6.45, 7) is 11.0. The summed E-state index contributed by atoms with van der Waals surface area (Å²) < 4.78 is 0. The van der Waals surface area contributed by atoms with Gasteiger partial charge in [0, 0.05) is 18.8 Å². The van der Waals surface area contributed by atoms with Gasteiger partial charge in [-0.2, -0.15) is 0 Å². The first kappa shape index (κ1) is 13.0. The summed E-state index contributed by atoms with van der Waals surface area (Å²) in [5, 5.41) is 3.48. The Labute approximate surface area is 99.2 Å². The predicted octanol–water partition coefficient (Wildman–Crippen LogP) is 3.04. The first-order valence-corrected chi connectivity index (χ1v) is 5.97. The SMILES string of the molecule is CC(C)C(C)(C)CNCc1ccccc1N. The maximum absolute atomic E-state index is 5.89. The van der Waals surface area contributed by atoms with E-state index in [9.17, 15) is 0 Å². The molecule has 3 N–H and O–H groups in total. The van der Waals surface area contributed by atoms with Crippen LogP contribution in [0.2, 0.25) is 0 Å². The lowest BCUT2D eigenvalue weighted by molar-refractivity contribution is 0.238. The number of hydrogen-bond acceptors (Lipinski definition) is 2. The van der Waals surface area contributed by atoms with Crippen molar-refractivity contribution in [2.24, 2.45) is 11.3 Å². The van der Waals surface area contributed by atoms with Crippen molar-refractivity contribution in [1.82, 2.24) is 5.32 Å². The molecule has 0 aliphatic carbocycles. The summed E-state index contributed by atoms with van der Waals surface area (Å²) in [5.74, 6) is 0.674. The number of nitrogen functional groups attached to an aromatic ring is 1. The van der Waals surface area contributed by atoms with Gasteiger partial charge in [-0.25, -0.2) is 0 Å². The highest BCUT2D eigenvalue weighted by Gasteiger charge is 2.21. The van der Waals surface area contributed by atoms with Crippen LogP contribution in [-0.4, -0.2) is 6.54 Å². The molecule has 1 aromatic carbocycles. The van der Waals surface area contributed by atoms with Crippen LogP contribution in [0.15, 0.2) is 24.3 Å². The molecule has 16 heavy (non-hydrogen) atoms. The van der Waals surface area contributed by atoms with Gasteiger partial charge in [-0.05, 0) is 23.0 Å². The van der Waals surface area contributed by atoms with Crippen molar-refractivity contribution in [2.75, 3.05) is 12.3 Å². The molecule has 0 aromatic heterocycles. The molecule has 0 unspecified atom stereocenters. The zero-order valence-electron chi connectivity index (χ0n) is 10.9. The van der Waals surface area contributed by atoms with E-state index in [1.54, 1.807) is 0 Å². The Morgan fingerprint density at radius 3 is 2.44 bits per heavy atom. The normalized spacial score (nSPS) is 12.1. The van der Waals surface area contributed by atoms with Crippen molar-refractivity contribution in [3.05, 3.63) is 29.8 Å². The van der Waals surface area contributed by atoms with E-state index in [1.165, 1.54) is 5.56 Å². The number of rotatable bonds is 5. The minimum absolute atomic E-state index is 0.323. The first-order chi connectivity index (χ1) is 7.43. The molecule has 0 radical (unpaired) electrons. The lowest BCUT2D eigenvalue weighted by atomic mass is 9.81. The summed E-state index contributed by atoms with van der Waals surface area (Å²) in [6, 6.07) is 8.02. The summed E-state index contributed by atoms with van der Waals surface area (Å²) in [7, 11) is 0. The maximum atomic E-state index is 5.89. The molecule has 0 fully saturated rings. The number of anilines is 1. The van der Waals surface area contributed by atoms with Gasteiger partial charge < -0.3 is 11.1 Å². The molecule has 0 bridgehead atoms. The molecule has 2 heteroatoms. The van der Waals surface area contributed by atoms with Gasteiger partial charge in [0.2, 0.25) is 0 Å². The fourth-order valence-corrected chi connectivity index (χ4v) is 1.42. The van der Waals surface area contributed by atoms with E-state index in [-0.39, 0.29) is 0 Å². The highest BCUT2D eigenvalue weighted by Crippen LogP contribution is 2.24. The lowest BCUT2D eigenvalue weighted by Gasteiger charge is -2.29. The van der Waals surface area contributed by atoms with Crippen molar-refractivity contribution < 1.29 is 0 Å². The highest BCUT2D eigenvalue weighted by molar-refractivity contribution is 5.46. The molecule has 90 valence electrons.